The van der Waals surface area contributed by atoms with Crippen LogP contribution in [-0.4, -0.2) is 41.9 Å². The zero-order valence-electron chi connectivity index (χ0n) is 12.0. The van der Waals surface area contributed by atoms with Crippen molar-refractivity contribution in [3.63, 3.8) is 0 Å². The number of carbonyl (C=O) groups excluding carboxylic acids is 2. The molecular weight excluding hydrogens is 250 g/mol. The molecule has 0 spiro atoms. The number of nitrogens with two attached hydrogens (primary N) is 1. The van der Waals surface area contributed by atoms with Gasteiger partial charge in [0.15, 0.2) is 5.79 Å². The summed E-state index contributed by atoms with van der Waals surface area (Å²) in [7, 11) is 0. The normalized spacial score (nSPS) is 13.1. The highest BCUT2D eigenvalue weighted by Crippen LogP contribution is 2.16. The van der Waals surface area contributed by atoms with Gasteiger partial charge in [-0.25, -0.2) is 4.79 Å². The summed E-state index contributed by atoms with van der Waals surface area (Å²) in [5, 5.41) is 9.58. The molecule has 0 saturated heterocycles. The second kappa shape index (κ2) is 9.01. The summed E-state index contributed by atoms with van der Waals surface area (Å²) in [5.41, 5.74) is 5.46. The highest BCUT2D eigenvalue weighted by molar-refractivity contribution is 6.33. The quantitative estimate of drug-likeness (QED) is 0.347. The molecule has 0 radical (unpaired) electrons. The first-order chi connectivity index (χ1) is 8.80. The van der Waals surface area contributed by atoms with Crippen LogP contribution in [-0.2, 0) is 19.1 Å². The lowest BCUT2D eigenvalue weighted by Gasteiger charge is -2.26. The van der Waals surface area contributed by atoms with Crippen LogP contribution in [0, 0.1) is 0 Å². The number of rotatable bonds is 10. The Morgan fingerprint density at radius 1 is 1.32 bits per heavy atom. The fourth-order valence-corrected chi connectivity index (χ4v) is 1.66. The van der Waals surface area contributed by atoms with E-state index in [1.54, 1.807) is 20.8 Å². The van der Waals surface area contributed by atoms with E-state index in [4.69, 9.17) is 10.5 Å². The number of ketones is 1. The monoisotopic (exact) mass is 275 g/mol. The molecule has 3 N–H and O–H groups in total. The average Bonchev–Trinajstić information content (AvgIpc) is 2.27. The third-order valence-electron chi connectivity index (χ3n) is 2.38. The van der Waals surface area contributed by atoms with E-state index in [0.717, 1.165) is 0 Å². The molecule has 112 valence electrons. The van der Waals surface area contributed by atoms with Gasteiger partial charge in [-0.3, -0.25) is 4.79 Å². The predicted molar refractivity (Wildman–Crippen MR) is 70.3 cm³/mol. The molecule has 0 amide bonds. The van der Waals surface area contributed by atoms with Crippen LogP contribution in [0.1, 0.15) is 46.5 Å². The molecule has 0 bridgehead atoms. The number of hydrogen-bond acceptors (Lipinski definition) is 6. The molecular formula is C13H25NO5. The third kappa shape index (κ3) is 9.58. The van der Waals surface area contributed by atoms with Crippen molar-refractivity contribution >= 4 is 11.8 Å². The highest BCUT2D eigenvalue weighted by atomic mass is 16.6. The van der Waals surface area contributed by atoms with Crippen molar-refractivity contribution in [2.75, 3.05) is 13.2 Å². The second-order valence-corrected chi connectivity index (χ2v) is 4.80. The van der Waals surface area contributed by atoms with E-state index in [2.05, 4.69) is 4.74 Å². The second-order valence-electron chi connectivity index (χ2n) is 4.80. The van der Waals surface area contributed by atoms with E-state index in [-0.39, 0.29) is 19.1 Å². The van der Waals surface area contributed by atoms with E-state index in [9.17, 15) is 14.7 Å². The smallest absolute Gasteiger partial charge is 0.374 e. The minimum Gasteiger partial charge on any atom is -0.460 e. The maximum Gasteiger partial charge on any atom is 0.374 e. The molecule has 6 nitrogen and oxygen atoms in total. The number of ether oxygens (including phenoxy) is 2. The van der Waals surface area contributed by atoms with Gasteiger partial charge in [-0.2, -0.15) is 0 Å². The molecule has 0 saturated carbocycles. The molecule has 0 rings (SSSR count). The van der Waals surface area contributed by atoms with E-state index < -0.39 is 17.5 Å². The molecule has 0 aliphatic heterocycles. The summed E-state index contributed by atoms with van der Waals surface area (Å²) in [6, 6.07) is 0. The zero-order chi connectivity index (χ0) is 14.9. The van der Waals surface area contributed by atoms with E-state index >= 15 is 0 Å². The standard InChI is InChI=1S/C13H25NO5/c1-4-18-12(16)11(15)7-5-6-10(8-9-14)19-13(2,3)17/h10,17H,4-9,14H2,1-3H3/t10-/m0/s1. The summed E-state index contributed by atoms with van der Waals surface area (Å²) in [5.74, 6) is -2.55. The molecule has 1 atom stereocenters. The van der Waals surface area contributed by atoms with E-state index in [1.165, 1.54) is 0 Å². The lowest BCUT2D eigenvalue weighted by atomic mass is 10.1. The van der Waals surface area contributed by atoms with Crippen LogP contribution in [0.5, 0.6) is 0 Å². The topological polar surface area (TPSA) is 98.9 Å². The highest BCUT2D eigenvalue weighted by Gasteiger charge is 2.21. The number of hydrogen-bond donors (Lipinski definition) is 2. The number of carbonyl (C=O) groups is 2. The Morgan fingerprint density at radius 3 is 2.42 bits per heavy atom. The SMILES string of the molecule is CCOC(=O)C(=O)CCC[C@@H](CCN)OC(C)(C)O. The van der Waals surface area contributed by atoms with Crippen LogP contribution in [0.15, 0.2) is 0 Å². The van der Waals surface area contributed by atoms with E-state index in [1.807, 2.05) is 0 Å². The molecule has 0 heterocycles. The molecule has 0 aromatic rings. The minimum absolute atomic E-state index is 0.120. The lowest BCUT2D eigenvalue weighted by Crippen LogP contribution is -2.31. The molecule has 0 fully saturated rings. The van der Waals surface area contributed by atoms with Crippen molar-refractivity contribution < 1.29 is 24.2 Å². The first kappa shape index (κ1) is 18.0. The van der Waals surface area contributed by atoms with Gasteiger partial charge in [-0.1, -0.05) is 0 Å². The first-order valence-corrected chi connectivity index (χ1v) is 6.60. The molecule has 0 aliphatic rings. The van der Waals surface area contributed by atoms with Crippen molar-refractivity contribution in [1.29, 1.82) is 0 Å². The first-order valence-electron chi connectivity index (χ1n) is 6.60. The summed E-state index contributed by atoms with van der Waals surface area (Å²) in [6.45, 7) is 5.37. The number of aliphatic hydroxyl groups is 1. The number of esters is 1. The van der Waals surface area contributed by atoms with Gasteiger partial charge in [-0.15, -0.1) is 0 Å². The van der Waals surface area contributed by atoms with Crippen molar-refractivity contribution in [2.45, 2.75) is 58.3 Å². The van der Waals surface area contributed by atoms with Gasteiger partial charge < -0.3 is 20.3 Å². The number of Topliss-reactive ketones (excluding diaryl/α,β-unsaturated/α-hetero) is 1. The van der Waals surface area contributed by atoms with Crippen LogP contribution in [0.4, 0.5) is 0 Å². The summed E-state index contributed by atoms with van der Waals surface area (Å²) < 4.78 is 10.0. The predicted octanol–water partition coefficient (Wildman–Crippen LogP) is 0.751. The maximum atomic E-state index is 11.4. The van der Waals surface area contributed by atoms with Gasteiger partial charge >= 0.3 is 5.97 Å². The fourth-order valence-electron chi connectivity index (χ4n) is 1.66. The molecule has 0 aromatic heterocycles. The molecule has 0 aromatic carbocycles. The van der Waals surface area contributed by atoms with E-state index in [0.29, 0.717) is 25.8 Å². The Labute approximate surface area is 114 Å². The average molecular weight is 275 g/mol. The Hall–Kier alpha value is -0.980. The molecule has 6 heteroatoms. The largest absolute Gasteiger partial charge is 0.460 e. The van der Waals surface area contributed by atoms with Crippen molar-refractivity contribution in [3.05, 3.63) is 0 Å². The van der Waals surface area contributed by atoms with Crippen LogP contribution in [0.2, 0.25) is 0 Å². The maximum absolute atomic E-state index is 11.4. The van der Waals surface area contributed by atoms with Crippen LogP contribution in [0.3, 0.4) is 0 Å². The molecule has 0 unspecified atom stereocenters. The van der Waals surface area contributed by atoms with Crippen LogP contribution >= 0.6 is 0 Å². The van der Waals surface area contributed by atoms with Gasteiger partial charge in [0.1, 0.15) is 0 Å². The summed E-state index contributed by atoms with van der Waals surface area (Å²) in [4.78, 5) is 22.5. The molecule has 19 heavy (non-hydrogen) atoms. The Bertz CT molecular complexity index is 285. The Kier molecular flexibility index (Phi) is 8.54. The van der Waals surface area contributed by atoms with Crippen molar-refractivity contribution in [1.82, 2.24) is 0 Å². The minimum atomic E-state index is -1.23. The van der Waals surface area contributed by atoms with Crippen molar-refractivity contribution in [2.24, 2.45) is 5.73 Å². The fraction of sp³-hybridized carbons (Fsp3) is 0.846. The Morgan fingerprint density at radius 2 is 1.95 bits per heavy atom. The Balaban J connectivity index is 4.05. The lowest BCUT2D eigenvalue weighted by molar-refractivity contribution is -0.207. The molecule has 0 aliphatic carbocycles. The van der Waals surface area contributed by atoms with Gasteiger partial charge in [0, 0.05) is 6.42 Å². The third-order valence-corrected chi connectivity index (χ3v) is 2.38. The summed E-state index contributed by atoms with van der Waals surface area (Å²) in [6.07, 6.45) is 1.55. The van der Waals surface area contributed by atoms with Gasteiger partial charge in [0.25, 0.3) is 0 Å². The van der Waals surface area contributed by atoms with Crippen LogP contribution in [0.25, 0.3) is 0 Å². The van der Waals surface area contributed by atoms with Gasteiger partial charge in [0.05, 0.1) is 12.7 Å². The zero-order valence-corrected chi connectivity index (χ0v) is 12.0. The summed E-state index contributed by atoms with van der Waals surface area (Å²) >= 11 is 0. The van der Waals surface area contributed by atoms with Gasteiger partial charge in [0.2, 0.25) is 5.78 Å². The van der Waals surface area contributed by atoms with Crippen molar-refractivity contribution in [3.8, 4) is 0 Å². The van der Waals surface area contributed by atoms with Gasteiger partial charge in [-0.05, 0) is 46.6 Å². The van der Waals surface area contributed by atoms with Crippen LogP contribution < -0.4 is 5.73 Å².